The van der Waals surface area contributed by atoms with Crippen molar-refractivity contribution in [3.05, 3.63) is 18.2 Å². The molecule has 0 bridgehead atoms. The topological polar surface area (TPSA) is 64.8 Å². The van der Waals surface area contributed by atoms with Gasteiger partial charge in [-0.2, -0.15) is 0 Å². The smallest absolute Gasteiger partial charge is 0.223 e. The molecule has 2 heterocycles. The molecule has 23 heavy (non-hydrogen) atoms. The van der Waals surface area contributed by atoms with Crippen molar-refractivity contribution < 1.29 is 14.3 Å². The molecule has 1 amide bonds. The minimum absolute atomic E-state index is 0.255. The Morgan fingerprint density at radius 1 is 1.22 bits per heavy atom. The van der Waals surface area contributed by atoms with Crippen molar-refractivity contribution in [2.24, 2.45) is 11.7 Å². The molecule has 1 aromatic carbocycles. The van der Waals surface area contributed by atoms with Gasteiger partial charge < -0.3 is 20.1 Å². The quantitative estimate of drug-likeness (QED) is 0.835. The zero-order valence-corrected chi connectivity index (χ0v) is 14.1. The van der Waals surface area contributed by atoms with Crippen LogP contribution in [-0.4, -0.2) is 49.4 Å². The van der Waals surface area contributed by atoms with E-state index in [1.54, 1.807) is 11.8 Å². The molecule has 5 nitrogen and oxygen atoms in total. The van der Waals surface area contributed by atoms with E-state index in [0.717, 1.165) is 54.6 Å². The van der Waals surface area contributed by atoms with Gasteiger partial charge in [-0.1, -0.05) is 0 Å². The van der Waals surface area contributed by atoms with Gasteiger partial charge in [-0.25, -0.2) is 0 Å². The van der Waals surface area contributed by atoms with E-state index in [1.165, 1.54) is 0 Å². The number of nitrogens with two attached hydrogens (primary N) is 1. The Bertz CT molecular complexity index is 545. The molecule has 2 aliphatic rings. The molecule has 0 saturated carbocycles. The average molecular weight is 336 g/mol. The standard InChI is InChI=1S/C17H24N2O3S/c18-12-13-3-6-19(7-4-13)17(20)5-10-23-14-1-2-15-16(11-14)22-9-8-21-15/h1-2,11,13H,3-10,12,18H2. The second-order valence-corrected chi connectivity index (χ2v) is 7.13. The second-order valence-electron chi connectivity index (χ2n) is 5.96. The average Bonchev–Trinajstić information content (AvgIpc) is 2.61. The zero-order chi connectivity index (χ0) is 16.1. The third-order valence-electron chi connectivity index (χ3n) is 4.40. The number of thioether (sulfide) groups is 1. The number of piperidine rings is 1. The summed E-state index contributed by atoms with van der Waals surface area (Å²) in [5.74, 6) is 3.24. The maximum atomic E-state index is 12.3. The molecule has 0 radical (unpaired) electrons. The first-order valence-corrected chi connectivity index (χ1v) is 9.25. The highest BCUT2D eigenvalue weighted by Gasteiger charge is 2.21. The molecule has 6 heteroatoms. The van der Waals surface area contributed by atoms with Crippen molar-refractivity contribution in [2.45, 2.75) is 24.2 Å². The van der Waals surface area contributed by atoms with Gasteiger partial charge in [0.2, 0.25) is 5.91 Å². The van der Waals surface area contributed by atoms with E-state index < -0.39 is 0 Å². The Labute approximate surface area is 141 Å². The summed E-state index contributed by atoms with van der Waals surface area (Å²) in [6.45, 7) is 3.65. The maximum absolute atomic E-state index is 12.3. The van der Waals surface area contributed by atoms with Crippen LogP contribution >= 0.6 is 11.8 Å². The van der Waals surface area contributed by atoms with Crippen LogP contribution in [0.25, 0.3) is 0 Å². The number of likely N-dealkylation sites (tertiary alicyclic amines) is 1. The van der Waals surface area contributed by atoms with E-state index >= 15 is 0 Å². The lowest BCUT2D eigenvalue weighted by Gasteiger charge is -2.31. The summed E-state index contributed by atoms with van der Waals surface area (Å²) in [4.78, 5) is 15.4. The van der Waals surface area contributed by atoms with Gasteiger partial charge in [0.05, 0.1) is 0 Å². The van der Waals surface area contributed by atoms with Crippen LogP contribution in [0, 0.1) is 5.92 Å². The largest absolute Gasteiger partial charge is 0.486 e. The molecular weight excluding hydrogens is 312 g/mol. The first kappa shape index (κ1) is 16.5. The van der Waals surface area contributed by atoms with E-state index in [0.29, 0.717) is 25.6 Å². The van der Waals surface area contributed by atoms with Crippen molar-refractivity contribution in [3.63, 3.8) is 0 Å². The second kappa shape index (κ2) is 7.93. The number of fused-ring (bicyclic) bond motifs is 1. The summed E-state index contributed by atoms with van der Waals surface area (Å²) in [6.07, 6.45) is 2.65. The molecule has 1 aromatic rings. The van der Waals surface area contributed by atoms with Gasteiger partial charge in [0.1, 0.15) is 13.2 Å². The molecule has 2 N–H and O–H groups in total. The minimum atomic E-state index is 0.255. The summed E-state index contributed by atoms with van der Waals surface area (Å²) < 4.78 is 11.1. The summed E-state index contributed by atoms with van der Waals surface area (Å²) in [5, 5.41) is 0. The molecule has 0 aromatic heterocycles. The molecule has 1 saturated heterocycles. The van der Waals surface area contributed by atoms with Crippen molar-refractivity contribution in [1.82, 2.24) is 4.90 Å². The van der Waals surface area contributed by atoms with Gasteiger partial charge in [0.25, 0.3) is 0 Å². The Balaban J connectivity index is 1.43. The van der Waals surface area contributed by atoms with Gasteiger partial charge in [-0.3, -0.25) is 4.79 Å². The van der Waals surface area contributed by atoms with Crippen LogP contribution in [0.15, 0.2) is 23.1 Å². The SMILES string of the molecule is NCC1CCN(C(=O)CCSc2ccc3c(c2)OCCO3)CC1. The van der Waals surface area contributed by atoms with Crippen LogP contribution in [0.5, 0.6) is 11.5 Å². The Kier molecular flexibility index (Phi) is 5.67. The van der Waals surface area contributed by atoms with Crippen LogP contribution in [0.2, 0.25) is 0 Å². The van der Waals surface area contributed by atoms with Crippen molar-refractivity contribution in [2.75, 3.05) is 38.6 Å². The molecular formula is C17H24N2O3S. The van der Waals surface area contributed by atoms with Crippen LogP contribution in [0.3, 0.4) is 0 Å². The number of amides is 1. The molecule has 126 valence electrons. The van der Waals surface area contributed by atoms with Crippen molar-refractivity contribution in [3.8, 4) is 11.5 Å². The number of carbonyl (C=O) groups excluding carboxylic acids is 1. The fourth-order valence-electron chi connectivity index (χ4n) is 2.95. The maximum Gasteiger partial charge on any atom is 0.223 e. The zero-order valence-electron chi connectivity index (χ0n) is 13.3. The van der Waals surface area contributed by atoms with Gasteiger partial charge in [0, 0.05) is 30.2 Å². The summed E-state index contributed by atoms with van der Waals surface area (Å²) in [7, 11) is 0. The lowest BCUT2D eigenvalue weighted by atomic mass is 9.97. The highest BCUT2D eigenvalue weighted by molar-refractivity contribution is 7.99. The Morgan fingerprint density at radius 2 is 1.96 bits per heavy atom. The van der Waals surface area contributed by atoms with Gasteiger partial charge in [0.15, 0.2) is 11.5 Å². The molecule has 0 spiro atoms. The van der Waals surface area contributed by atoms with E-state index in [1.807, 2.05) is 23.1 Å². The number of hydrogen-bond acceptors (Lipinski definition) is 5. The lowest BCUT2D eigenvalue weighted by Crippen LogP contribution is -2.40. The molecule has 0 unspecified atom stereocenters. The molecule has 0 atom stereocenters. The van der Waals surface area contributed by atoms with Crippen LogP contribution in [-0.2, 0) is 4.79 Å². The number of nitrogens with zero attached hydrogens (tertiary/aromatic N) is 1. The number of benzene rings is 1. The minimum Gasteiger partial charge on any atom is -0.486 e. The highest BCUT2D eigenvalue weighted by Crippen LogP contribution is 2.34. The normalized spacial score (nSPS) is 18.0. The summed E-state index contributed by atoms with van der Waals surface area (Å²) in [5.41, 5.74) is 5.69. The first-order chi connectivity index (χ1) is 11.3. The van der Waals surface area contributed by atoms with Gasteiger partial charge >= 0.3 is 0 Å². The van der Waals surface area contributed by atoms with Gasteiger partial charge in [-0.05, 0) is 43.5 Å². The Morgan fingerprint density at radius 3 is 2.70 bits per heavy atom. The fourth-order valence-corrected chi connectivity index (χ4v) is 3.81. The summed E-state index contributed by atoms with van der Waals surface area (Å²) in [6, 6.07) is 5.96. The third-order valence-corrected chi connectivity index (χ3v) is 5.39. The van der Waals surface area contributed by atoms with Crippen LogP contribution < -0.4 is 15.2 Å². The molecule has 2 aliphatic heterocycles. The molecule has 0 aliphatic carbocycles. The monoisotopic (exact) mass is 336 g/mol. The van der Waals surface area contributed by atoms with Crippen LogP contribution in [0.1, 0.15) is 19.3 Å². The van der Waals surface area contributed by atoms with Gasteiger partial charge in [-0.15, -0.1) is 11.8 Å². The van der Waals surface area contributed by atoms with E-state index in [-0.39, 0.29) is 5.91 Å². The number of rotatable bonds is 5. The number of hydrogen-bond donors (Lipinski definition) is 1. The fraction of sp³-hybridized carbons (Fsp3) is 0.588. The lowest BCUT2D eigenvalue weighted by molar-refractivity contribution is -0.132. The first-order valence-electron chi connectivity index (χ1n) is 8.26. The predicted molar refractivity (Wildman–Crippen MR) is 91.1 cm³/mol. The summed E-state index contributed by atoms with van der Waals surface area (Å²) >= 11 is 1.69. The molecule has 3 rings (SSSR count). The number of ether oxygens (including phenoxy) is 2. The van der Waals surface area contributed by atoms with Crippen molar-refractivity contribution in [1.29, 1.82) is 0 Å². The third kappa shape index (κ3) is 4.32. The van der Waals surface area contributed by atoms with E-state index in [9.17, 15) is 4.79 Å². The van der Waals surface area contributed by atoms with E-state index in [2.05, 4.69) is 0 Å². The Hall–Kier alpha value is -1.40. The molecule has 1 fully saturated rings. The predicted octanol–water partition coefficient (Wildman–Crippen LogP) is 2.14. The van der Waals surface area contributed by atoms with Crippen molar-refractivity contribution >= 4 is 17.7 Å². The highest BCUT2D eigenvalue weighted by atomic mass is 32.2. The van der Waals surface area contributed by atoms with Crippen LogP contribution in [0.4, 0.5) is 0 Å². The number of carbonyl (C=O) groups is 1. The van der Waals surface area contributed by atoms with E-state index in [4.69, 9.17) is 15.2 Å².